The fourth-order valence-electron chi connectivity index (χ4n) is 4.14. The molecule has 5 heterocycles. The monoisotopic (exact) mass is 543 g/mol. The molecule has 11 nitrogen and oxygen atoms in total. The van der Waals surface area contributed by atoms with Crippen LogP contribution in [0.5, 0.6) is 0 Å². The van der Waals surface area contributed by atoms with Gasteiger partial charge in [0.1, 0.15) is 16.0 Å². The van der Waals surface area contributed by atoms with Gasteiger partial charge in [0.15, 0.2) is 23.0 Å². The lowest BCUT2D eigenvalue weighted by Crippen LogP contribution is -2.47. The van der Waals surface area contributed by atoms with Crippen molar-refractivity contribution >= 4 is 44.8 Å². The maximum atomic E-state index is 13.8. The number of nitrogens with zero attached hydrogens (tertiary/aromatic N) is 8. The molecule has 2 aliphatic heterocycles. The molecule has 36 heavy (non-hydrogen) atoms. The smallest absolute Gasteiger partial charge is 0.434 e. The van der Waals surface area contributed by atoms with E-state index >= 15 is 0 Å². The number of nitrogens with two attached hydrogens (primary N) is 1. The standard InChI is InChI=1S/C20H24F3N9O2S2/c1-36(33)32-4-2-30(3-5-32)11-13-26-17-14(35-13)18(31-6-8-34-9-7-31)29-16(28-17)12-10-25-19(24)27-15(12)20(21,22)23/h10H,2-9,11H2,1H3,(H2,24,25,27). The predicted octanol–water partition coefficient (Wildman–Crippen LogP) is 1.39. The van der Waals surface area contributed by atoms with Crippen molar-refractivity contribution in [1.29, 1.82) is 0 Å². The SMILES string of the molecule is C[S+]([O-])N1CCN(Cc2nc3nc(-c4cnc(N)nc4C(F)(F)F)nc(N4CCOCC4)c3s2)CC1. The number of nitrogen functional groups attached to an aromatic ring is 1. The molecular weight excluding hydrogens is 519 g/mol. The summed E-state index contributed by atoms with van der Waals surface area (Å²) in [6, 6.07) is 0. The summed E-state index contributed by atoms with van der Waals surface area (Å²) in [5.74, 6) is -0.131. The van der Waals surface area contributed by atoms with E-state index in [9.17, 15) is 17.7 Å². The number of anilines is 2. The van der Waals surface area contributed by atoms with Crippen molar-refractivity contribution in [2.24, 2.45) is 0 Å². The average molecular weight is 544 g/mol. The Morgan fingerprint density at radius 1 is 1.08 bits per heavy atom. The third-order valence-corrected chi connectivity index (χ3v) is 8.08. The van der Waals surface area contributed by atoms with Gasteiger partial charge in [0.05, 0.1) is 38.4 Å². The number of ether oxygens (including phenoxy) is 1. The summed E-state index contributed by atoms with van der Waals surface area (Å²) >= 11 is 0.426. The molecule has 0 amide bonds. The number of piperazine rings is 1. The molecule has 0 aromatic carbocycles. The van der Waals surface area contributed by atoms with Crippen LogP contribution in [0.25, 0.3) is 21.7 Å². The van der Waals surface area contributed by atoms with Gasteiger partial charge in [0.25, 0.3) is 0 Å². The van der Waals surface area contributed by atoms with Crippen LogP contribution in [0.4, 0.5) is 24.9 Å². The van der Waals surface area contributed by atoms with Gasteiger partial charge in [-0.15, -0.1) is 15.6 Å². The Morgan fingerprint density at radius 3 is 2.47 bits per heavy atom. The molecule has 2 aliphatic rings. The molecule has 0 saturated carbocycles. The molecule has 3 aromatic heterocycles. The van der Waals surface area contributed by atoms with E-state index in [2.05, 4.69) is 29.8 Å². The lowest BCUT2D eigenvalue weighted by atomic mass is 10.2. The first-order chi connectivity index (χ1) is 17.2. The van der Waals surface area contributed by atoms with E-state index in [-0.39, 0.29) is 11.4 Å². The normalized spacial score (nSPS) is 19.2. The first-order valence-electron chi connectivity index (χ1n) is 11.2. The summed E-state index contributed by atoms with van der Waals surface area (Å²) in [5, 5.41) is 0.779. The van der Waals surface area contributed by atoms with E-state index in [1.165, 1.54) is 11.3 Å². The summed E-state index contributed by atoms with van der Waals surface area (Å²) in [4.78, 5) is 25.0. The molecule has 194 valence electrons. The molecule has 2 fully saturated rings. The molecule has 0 bridgehead atoms. The molecule has 16 heteroatoms. The largest absolute Gasteiger partial charge is 0.598 e. The van der Waals surface area contributed by atoms with E-state index in [4.69, 9.17) is 10.5 Å². The molecule has 1 unspecified atom stereocenters. The van der Waals surface area contributed by atoms with Crippen LogP contribution in [0.1, 0.15) is 10.7 Å². The zero-order valence-corrected chi connectivity index (χ0v) is 21.0. The lowest BCUT2D eigenvalue weighted by Gasteiger charge is -2.32. The Bertz CT molecular complexity index is 1230. The number of alkyl halides is 3. The first kappa shape index (κ1) is 25.3. The predicted molar refractivity (Wildman–Crippen MR) is 130 cm³/mol. The van der Waals surface area contributed by atoms with Crippen LogP contribution in [-0.4, -0.2) is 97.4 Å². The Balaban J connectivity index is 1.53. The second-order valence-corrected chi connectivity index (χ2v) is 10.8. The average Bonchev–Trinajstić information content (AvgIpc) is 3.26. The van der Waals surface area contributed by atoms with Crippen molar-refractivity contribution < 1.29 is 22.5 Å². The maximum Gasteiger partial charge on any atom is 0.434 e. The van der Waals surface area contributed by atoms with E-state index in [0.29, 0.717) is 62.1 Å². The van der Waals surface area contributed by atoms with Crippen LogP contribution in [-0.2, 0) is 28.8 Å². The van der Waals surface area contributed by atoms with Crippen molar-refractivity contribution in [2.75, 3.05) is 69.4 Å². The highest BCUT2D eigenvalue weighted by Crippen LogP contribution is 2.37. The highest BCUT2D eigenvalue weighted by atomic mass is 32.2. The molecule has 2 saturated heterocycles. The number of thiazole rings is 1. The van der Waals surface area contributed by atoms with Gasteiger partial charge in [0.2, 0.25) is 5.95 Å². The third kappa shape index (κ3) is 5.33. The minimum absolute atomic E-state index is 0.160. The molecule has 0 radical (unpaired) electrons. The zero-order valence-electron chi connectivity index (χ0n) is 19.4. The van der Waals surface area contributed by atoms with Crippen molar-refractivity contribution in [2.45, 2.75) is 12.7 Å². The molecule has 2 N–H and O–H groups in total. The van der Waals surface area contributed by atoms with Crippen molar-refractivity contribution in [3.8, 4) is 11.4 Å². The van der Waals surface area contributed by atoms with E-state index in [1.807, 2.05) is 9.21 Å². The Kier molecular flexibility index (Phi) is 7.15. The quantitative estimate of drug-likeness (QED) is 0.468. The Morgan fingerprint density at radius 2 is 1.81 bits per heavy atom. The van der Waals surface area contributed by atoms with Gasteiger partial charge in [0, 0.05) is 43.7 Å². The van der Waals surface area contributed by atoms with Gasteiger partial charge in [-0.1, -0.05) is 0 Å². The van der Waals surface area contributed by atoms with Crippen LogP contribution < -0.4 is 10.6 Å². The lowest BCUT2D eigenvalue weighted by molar-refractivity contribution is -0.140. The minimum Gasteiger partial charge on any atom is -0.598 e. The fraction of sp³-hybridized carbons (Fsp3) is 0.550. The summed E-state index contributed by atoms with van der Waals surface area (Å²) in [6.45, 7) is 5.45. The number of hydrogen-bond acceptors (Lipinski definition) is 12. The van der Waals surface area contributed by atoms with Gasteiger partial charge >= 0.3 is 6.18 Å². The van der Waals surface area contributed by atoms with Crippen molar-refractivity contribution in [1.82, 2.24) is 34.1 Å². The molecule has 0 spiro atoms. The second kappa shape index (κ2) is 10.2. The van der Waals surface area contributed by atoms with Crippen LogP contribution >= 0.6 is 11.3 Å². The number of rotatable bonds is 5. The second-order valence-electron chi connectivity index (χ2n) is 8.35. The number of aromatic nitrogens is 5. The van der Waals surface area contributed by atoms with Gasteiger partial charge in [-0.3, -0.25) is 4.90 Å². The van der Waals surface area contributed by atoms with Gasteiger partial charge < -0.3 is 19.9 Å². The molecule has 1 atom stereocenters. The van der Waals surface area contributed by atoms with Gasteiger partial charge in [-0.2, -0.15) is 13.2 Å². The van der Waals surface area contributed by atoms with Crippen LogP contribution in [0.2, 0.25) is 0 Å². The van der Waals surface area contributed by atoms with Gasteiger partial charge in [-0.25, -0.2) is 24.9 Å². The number of halogens is 3. The summed E-state index contributed by atoms with van der Waals surface area (Å²) in [5.41, 5.74) is 4.21. The Labute approximate surface area is 211 Å². The zero-order chi connectivity index (χ0) is 25.4. The molecular formula is C20H24F3N9O2S2. The van der Waals surface area contributed by atoms with E-state index in [1.54, 1.807) is 6.26 Å². The molecule has 5 rings (SSSR count). The van der Waals surface area contributed by atoms with Crippen LogP contribution in [0, 0.1) is 0 Å². The summed E-state index contributed by atoms with van der Waals surface area (Å²) < 4.78 is 61.0. The van der Waals surface area contributed by atoms with Crippen LogP contribution in [0.15, 0.2) is 6.20 Å². The summed E-state index contributed by atoms with van der Waals surface area (Å²) in [7, 11) is 0. The minimum atomic E-state index is -4.76. The highest BCUT2D eigenvalue weighted by molar-refractivity contribution is 7.88. The highest BCUT2D eigenvalue weighted by Gasteiger charge is 2.38. The maximum absolute atomic E-state index is 13.8. The van der Waals surface area contributed by atoms with Crippen LogP contribution in [0.3, 0.4) is 0 Å². The van der Waals surface area contributed by atoms with Crippen molar-refractivity contribution in [3.63, 3.8) is 0 Å². The number of morpholine rings is 1. The van der Waals surface area contributed by atoms with Gasteiger partial charge in [-0.05, 0) is 0 Å². The molecule has 0 aliphatic carbocycles. The third-order valence-electron chi connectivity index (χ3n) is 5.96. The van der Waals surface area contributed by atoms with Crippen molar-refractivity contribution in [3.05, 3.63) is 16.9 Å². The van der Waals surface area contributed by atoms with E-state index in [0.717, 1.165) is 24.3 Å². The summed E-state index contributed by atoms with van der Waals surface area (Å²) in [6.07, 6.45) is -2.09. The topological polar surface area (TPSA) is 132 Å². The fourth-order valence-corrected chi connectivity index (χ4v) is 5.88. The number of fused-ring (bicyclic) bond motifs is 1. The number of hydrogen-bond donors (Lipinski definition) is 1. The van der Waals surface area contributed by atoms with E-state index < -0.39 is 29.2 Å². The molecule has 3 aromatic rings. The Hall–Kier alpha value is -2.37. The first-order valence-corrected chi connectivity index (χ1v) is 13.5.